The van der Waals surface area contributed by atoms with Gasteiger partial charge in [-0.3, -0.25) is 4.79 Å². The van der Waals surface area contributed by atoms with Gasteiger partial charge in [0.25, 0.3) is 0 Å². The summed E-state index contributed by atoms with van der Waals surface area (Å²) in [6, 6.07) is 5.69. The van der Waals surface area contributed by atoms with Gasteiger partial charge in [-0.25, -0.2) is 0 Å². The Bertz CT molecular complexity index is 442. The first-order valence-corrected chi connectivity index (χ1v) is 6.57. The van der Waals surface area contributed by atoms with E-state index in [4.69, 9.17) is 11.6 Å². The third-order valence-corrected chi connectivity index (χ3v) is 3.53. The van der Waals surface area contributed by atoms with Gasteiger partial charge < -0.3 is 15.1 Å². The molecule has 0 unspecified atom stereocenters. The Balaban J connectivity index is 2.12. The number of quaternary nitrogens is 1. The molecule has 1 heterocycles. The van der Waals surface area contributed by atoms with Gasteiger partial charge in [0, 0.05) is 12.6 Å². The van der Waals surface area contributed by atoms with Gasteiger partial charge in [0.15, 0.2) is 0 Å². The molecule has 0 bridgehead atoms. The van der Waals surface area contributed by atoms with Crippen molar-refractivity contribution in [1.82, 2.24) is 0 Å². The SMILES string of the molecule is CC(=O)Nc1ccc(N2CC[NH+](C)CC2)c(Cl)c1. The fraction of sp³-hybridized carbons (Fsp3) is 0.462. The number of carbonyl (C=O) groups is 1. The molecule has 98 valence electrons. The predicted molar refractivity (Wildman–Crippen MR) is 74.6 cm³/mol. The highest BCUT2D eigenvalue weighted by molar-refractivity contribution is 6.33. The van der Waals surface area contributed by atoms with Gasteiger partial charge >= 0.3 is 0 Å². The van der Waals surface area contributed by atoms with E-state index in [0.717, 1.165) is 37.6 Å². The van der Waals surface area contributed by atoms with Crippen molar-refractivity contribution < 1.29 is 9.69 Å². The summed E-state index contributed by atoms with van der Waals surface area (Å²) in [6.45, 7) is 5.79. The monoisotopic (exact) mass is 268 g/mol. The van der Waals surface area contributed by atoms with Crippen molar-refractivity contribution in [1.29, 1.82) is 0 Å². The molecule has 0 aromatic heterocycles. The first kappa shape index (κ1) is 13.2. The average Bonchev–Trinajstić information content (AvgIpc) is 2.30. The zero-order valence-corrected chi connectivity index (χ0v) is 11.5. The lowest BCUT2D eigenvalue weighted by atomic mass is 10.2. The summed E-state index contributed by atoms with van der Waals surface area (Å²) >= 11 is 6.28. The van der Waals surface area contributed by atoms with Gasteiger partial charge in [0.1, 0.15) is 0 Å². The minimum Gasteiger partial charge on any atom is -0.359 e. The third-order valence-electron chi connectivity index (χ3n) is 3.23. The molecule has 1 fully saturated rings. The molecule has 2 rings (SSSR count). The van der Waals surface area contributed by atoms with E-state index in [2.05, 4.69) is 17.3 Å². The highest BCUT2D eigenvalue weighted by atomic mass is 35.5. The molecular weight excluding hydrogens is 250 g/mol. The fourth-order valence-electron chi connectivity index (χ4n) is 2.17. The molecule has 18 heavy (non-hydrogen) atoms. The summed E-state index contributed by atoms with van der Waals surface area (Å²) in [4.78, 5) is 14.8. The van der Waals surface area contributed by atoms with Crippen LogP contribution in [0.3, 0.4) is 0 Å². The van der Waals surface area contributed by atoms with Crippen LogP contribution in [0.15, 0.2) is 18.2 Å². The molecule has 5 heteroatoms. The molecule has 1 amide bonds. The second-order valence-corrected chi connectivity index (χ2v) is 5.20. The van der Waals surface area contributed by atoms with E-state index in [1.165, 1.54) is 6.92 Å². The average molecular weight is 269 g/mol. The number of benzene rings is 1. The Kier molecular flexibility index (Phi) is 4.09. The van der Waals surface area contributed by atoms with Crippen LogP contribution in [-0.4, -0.2) is 39.1 Å². The van der Waals surface area contributed by atoms with Crippen molar-refractivity contribution in [2.75, 3.05) is 43.4 Å². The number of amides is 1. The lowest BCUT2D eigenvalue weighted by Crippen LogP contribution is -3.12. The van der Waals surface area contributed by atoms with Crippen LogP contribution in [0.1, 0.15) is 6.92 Å². The second-order valence-electron chi connectivity index (χ2n) is 4.79. The smallest absolute Gasteiger partial charge is 0.221 e. The molecule has 1 saturated heterocycles. The van der Waals surface area contributed by atoms with Gasteiger partial charge in [-0.05, 0) is 18.2 Å². The lowest BCUT2D eigenvalue weighted by Gasteiger charge is -2.32. The van der Waals surface area contributed by atoms with E-state index < -0.39 is 0 Å². The second kappa shape index (κ2) is 5.59. The molecular formula is C13H19ClN3O+. The largest absolute Gasteiger partial charge is 0.359 e. The van der Waals surface area contributed by atoms with Crippen molar-refractivity contribution >= 4 is 28.9 Å². The maximum Gasteiger partial charge on any atom is 0.221 e. The van der Waals surface area contributed by atoms with Crippen molar-refractivity contribution in [2.24, 2.45) is 0 Å². The summed E-state index contributed by atoms with van der Waals surface area (Å²) in [6.07, 6.45) is 0. The van der Waals surface area contributed by atoms with Gasteiger partial charge in [0.05, 0.1) is 43.9 Å². The summed E-state index contributed by atoms with van der Waals surface area (Å²) in [5.41, 5.74) is 1.80. The van der Waals surface area contributed by atoms with Gasteiger partial charge in [-0.1, -0.05) is 11.6 Å². The van der Waals surface area contributed by atoms with E-state index in [-0.39, 0.29) is 5.91 Å². The number of carbonyl (C=O) groups excluding carboxylic acids is 1. The quantitative estimate of drug-likeness (QED) is 0.826. The lowest BCUT2D eigenvalue weighted by molar-refractivity contribution is -0.880. The Morgan fingerprint density at radius 1 is 1.39 bits per heavy atom. The molecule has 4 nitrogen and oxygen atoms in total. The molecule has 0 radical (unpaired) electrons. The summed E-state index contributed by atoms with van der Waals surface area (Å²) in [7, 11) is 2.21. The number of nitrogens with zero attached hydrogens (tertiary/aromatic N) is 1. The Morgan fingerprint density at radius 2 is 2.06 bits per heavy atom. The van der Waals surface area contributed by atoms with Crippen LogP contribution in [0.25, 0.3) is 0 Å². The number of rotatable bonds is 2. The molecule has 2 N–H and O–H groups in total. The molecule has 0 saturated carbocycles. The number of hydrogen-bond acceptors (Lipinski definition) is 2. The third kappa shape index (κ3) is 3.15. The summed E-state index contributed by atoms with van der Waals surface area (Å²) in [5, 5.41) is 3.43. The number of anilines is 2. The van der Waals surface area contributed by atoms with Crippen molar-refractivity contribution in [3.05, 3.63) is 23.2 Å². The standard InChI is InChI=1S/C13H18ClN3O/c1-10(18)15-11-3-4-13(12(14)9-11)17-7-5-16(2)6-8-17/h3-4,9H,5-8H2,1-2H3,(H,15,18)/p+1. The molecule has 0 atom stereocenters. The van der Waals surface area contributed by atoms with Crippen LogP contribution in [0.4, 0.5) is 11.4 Å². The normalized spacial score (nSPS) is 16.7. The molecule has 0 spiro atoms. The highest BCUT2D eigenvalue weighted by Crippen LogP contribution is 2.28. The van der Waals surface area contributed by atoms with Crippen molar-refractivity contribution in [2.45, 2.75) is 6.92 Å². The molecule has 1 aliphatic rings. The molecule has 1 aromatic rings. The highest BCUT2D eigenvalue weighted by Gasteiger charge is 2.18. The van der Waals surface area contributed by atoms with Gasteiger partial charge in [0.2, 0.25) is 5.91 Å². The fourth-order valence-corrected chi connectivity index (χ4v) is 2.47. The maximum atomic E-state index is 11.0. The first-order chi connectivity index (χ1) is 8.56. The summed E-state index contributed by atoms with van der Waals surface area (Å²) in [5.74, 6) is -0.0815. The predicted octanol–water partition coefficient (Wildman–Crippen LogP) is 0.633. The minimum absolute atomic E-state index is 0.0815. The molecule has 0 aliphatic carbocycles. The minimum atomic E-state index is -0.0815. The number of likely N-dealkylation sites (N-methyl/N-ethyl adjacent to an activating group) is 1. The Morgan fingerprint density at radius 3 is 2.61 bits per heavy atom. The van der Waals surface area contributed by atoms with Gasteiger partial charge in [-0.2, -0.15) is 0 Å². The van der Waals surface area contributed by atoms with Gasteiger partial charge in [-0.15, -0.1) is 0 Å². The zero-order chi connectivity index (χ0) is 13.1. The van der Waals surface area contributed by atoms with E-state index in [1.807, 2.05) is 18.2 Å². The van der Waals surface area contributed by atoms with Crippen LogP contribution in [0.5, 0.6) is 0 Å². The van der Waals surface area contributed by atoms with E-state index in [0.29, 0.717) is 5.02 Å². The van der Waals surface area contributed by atoms with Crippen molar-refractivity contribution in [3.63, 3.8) is 0 Å². The maximum absolute atomic E-state index is 11.0. The zero-order valence-electron chi connectivity index (χ0n) is 10.8. The Hall–Kier alpha value is -1.26. The topological polar surface area (TPSA) is 36.8 Å². The first-order valence-electron chi connectivity index (χ1n) is 6.19. The van der Waals surface area contributed by atoms with Crippen LogP contribution in [0, 0.1) is 0 Å². The van der Waals surface area contributed by atoms with E-state index >= 15 is 0 Å². The Labute approximate surface area is 113 Å². The van der Waals surface area contributed by atoms with Crippen LogP contribution in [0.2, 0.25) is 5.02 Å². The molecule has 1 aliphatic heterocycles. The van der Waals surface area contributed by atoms with Crippen molar-refractivity contribution in [3.8, 4) is 0 Å². The van der Waals surface area contributed by atoms with Crippen LogP contribution < -0.4 is 15.1 Å². The van der Waals surface area contributed by atoms with E-state index in [9.17, 15) is 4.79 Å². The summed E-state index contributed by atoms with van der Waals surface area (Å²) < 4.78 is 0. The van der Waals surface area contributed by atoms with Crippen LogP contribution >= 0.6 is 11.6 Å². The number of halogens is 1. The number of piperazine rings is 1. The number of nitrogens with one attached hydrogen (secondary N) is 2. The van der Waals surface area contributed by atoms with E-state index in [1.54, 1.807) is 4.90 Å². The van der Waals surface area contributed by atoms with Crippen LogP contribution in [-0.2, 0) is 4.79 Å². The number of hydrogen-bond donors (Lipinski definition) is 2. The molecule has 1 aromatic carbocycles.